The summed E-state index contributed by atoms with van der Waals surface area (Å²) in [4.78, 5) is 27.1. The molecule has 0 unspecified atom stereocenters. The molecule has 134 valence electrons. The van der Waals surface area contributed by atoms with Gasteiger partial charge in [-0.25, -0.2) is 0 Å². The number of carbonyl (C=O) groups excluding carboxylic acids is 2. The Hall–Kier alpha value is -2.30. The van der Waals surface area contributed by atoms with Gasteiger partial charge in [0.25, 0.3) is 5.91 Å². The number of nitrogens with one attached hydrogen (secondary N) is 2. The molecule has 3 rings (SSSR count). The van der Waals surface area contributed by atoms with Gasteiger partial charge >= 0.3 is 5.97 Å². The van der Waals surface area contributed by atoms with Crippen molar-refractivity contribution in [2.75, 3.05) is 6.61 Å². The maximum atomic E-state index is 11.9. The Morgan fingerprint density at radius 1 is 1.12 bits per heavy atom. The summed E-state index contributed by atoms with van der Waals surface area (Å²) in [6.45, 7) is -0.177. The van der Waals surface area contributed by atoms with Gasteiger partial charge in [0.2, 0.25) is 0 Å². The number of aromatic nitrogens is 1. The first-order valence-corrected chi connectivity index (χ1v) is 9.22. The fraction of sp³-hybridized carbons (Fsp3) is 0.500. The molecule has 1 aliphatic rings. The quantitative estimate of drug-likeness (QED) is 0.623. The number of aromatic amines is 1. The summed E-state index contributed by atoms with van der Waals surface area (Å²) < 4.78 is 5.13. The molecule has 0 aliphatic heterocycles. The number of rotatable bonds is 6. The van der Waals surface area contributed by atoms with Gasteiger partial charge in [-0.15, -0.1) is 0 Å². The summed E-state index contributed by atoms with van der Waals surface area (Å²) in [6.07, 6.45) is 9.68. The Labute approximate surface area is 148 Å². The minimum Gasteiger partial charge on any atom is -0.456 e. The van der Waals surface area contributed by atoms with Gasteiger partial charge in [-0.2, -0.15) is 0 Å². The number of para-hydroxylation sites is 1. The van der Waals surface area contributed by atoms with Gasteiger partial charge in [0, 0.05) is 29.6 Å². The van der Waals surface area contributed by atoms with Crippen LogP contribution in [0.1, 0.15) is 50.5 Å². The first kappa shape index (κ1) is 17.5. The van der Waals surface area contributed by atoms with Crippen molar-refractivity contribution < 1.29 is 14.3 Å². The molecule has 1 fully saturated rings. The van der Waals surface area contributed by atoms with Crippen molar-refractivity contribution in [2.24, 2.45) is 0 Å². The predicted octanol–water partition coefficient (Wildman–Crippen LogP) is 3.48. The minimum absolute atomic E-state index is 0.177. The molecule has 0 bridgehead atoms. The number of hydrogen-bond donors (Lipinski definition) is 2. The zero-order valence-electron chi connectivity index (χ0n) is 14.6. The van der Waals surface area contributed by atoms with Crippen LogP contribution in [0.3, 0.4) is 0 Å². The highest BCUT2D eigenvalue weighted by Crippen LogP contribution is 2.19. The van der Waals surface area contributed by atoms with Gasteiger partial charge in [0.1, 0.15) is 0 Å². The molecule has 1 heterocycles. The summed E-state index contributed by atoms with van der Waals surface area (Å²) in [7, 11) is 0. The van der Waals surface area contributed by atoms with Crippen molar-refractivity contribution in [3.63, 3.8) is 0 Å². The Kier molecular flexibility index (Phi) is 6.09. The fourth-order valence-electron chi connectivity index (χ4n) is 3.49. The highest BCUT2D eigenvalue weighted by atomic mass is 16.5. The first-order chi connectivity index (χ1) is 12.2. The van der Waals surface area contributed by atoms with E-state index in [0.717, 1.165) is 42.1 Å². The number of benzene rings is 1. The van der Waals surface area contributed by atoms with E-state index in [0.29, 0.717) is 6.42 Å². The molecule has 0 radical (unpaired) electrons. The zero-order valence-corrected chi connectivity index (χ0v) is 14.6. The molecule has 25 heavy (non-hydrogen) atoms. The van der Waals surface area contributed by atoms with Crippen LogP contribution in [-0.2, 0) is 20.7 Å². The Balaban J connectivity index is 1.39. The average molecular weight is 342 g/mol. The maximum absolute atomic E-state index is 11.9. The van der Waals surface area contributed by atoms with Gasteiger partial charge in [0.15, 0.2) is 6.61 Å². The second-order valence-corrected chi connectivity index (χ2v) is 6.78. The minimum atomic E-state index is -0.332. The number of esters is 1. The van der Waals surface area contributed by atoms with E-state index in [1.165, 1.54) is 12.8 Å². The normalized spacial score (nSPS) is 15.7. The lowest BCUT2D eigenvalue weighted by Crippen LogP contribution is -2.37. The van der Waals surface area contributed by atoms with Gasteiger partial charge in [0.05, 0.1) is 0 Å². The Bertz CT molecular complexity index is 715. The molecule has 5 nitrogen and oxygen atoms in total. The molecule has 1 saturated carbocycles. The second kappa shape index (κ2) is 8.70. The molecule has 0 spiro atoms. The summed E-state index contributed by atoms with van der Waals surface area (Å²) in [6, 6.07) is 8.24. The molecular weight excluding hydrogens is 316 g/mol. The van der Waals surface area contributed by atoms with Crippen molar-refractivity contribution in [3.05, 3.63) is 36.0 Å². The van der Waals surface area contributed by atoms with Crippen LogP contribution in [-0.4, -0.2) is 29.5 Å². The lowest BCUT2D eigenvalue weighted by Gasteiger charge is -2.16. The van der Waals surface area contributed by atoms with Crippen LogP contribution in [0.4, 0.5) is 0 Å². The molecule has 2 aromatic rings. The van der Waals surface area contributed by atoms with E-state index in [1.54, 1.807) is 0 Å². The van der Waals surface area contributed by atoms with Gasteiger partial charge in [-0.05, 0) is 30.9 Å². The van der Waals surface area contributed by atoms with Gasteiger partial charge in [-0.1, -0.05) is 43.9 Å². The molecule has 1 aliphatic carbocycles. The summed E-state index contributed by atoms with van der Waals surface area (Å²) in [5.74, 6) is -0.520. The number of ether oxygens (including phenoxy) is 1. The number of aryl methyl sites for hydroxylation is 1. The van der Waals surface area contributed by atoms with Gasteiger partial charge in [-0.3, -0.25) is 9.59 Å². The summed E-state index contributed by atoms with van der Waals surface area (Å²) in [5, 5.41) is 4.11. The molecule has 1 aromatic carbocycles. The van der Waals surface area contributed by atoms with Crippen molar-refractivity contribution in [3.8, 4) is 0 Å². The van der Waals surface area contributed by atoms with E-state index in [1.807, 2.05) is 30.5 Å². The standard InChI is InChI=1S/C20H26N2O3/c23-19(22-16-7-3-1-2-4-8-16)14-25-20(24)12-11-15-13-21-18-10-6-5-9-17(15)18/h5-6,9-10,13,16,21H,1-4,7-8,11-12,14H2,(H,22,23). The van der Waals surface area contributed by atoms with E-state index >= 15 is 0 Å². The Morgan fingerprint density at radius 3 is 2.68 bits per heavy atom. The van der Waals surface area contributed by atoms with Crippen molar-refractivity contribution in [2.45, 2.75) is 57.4 Å². The van der Waals surface area contributed by atoms with Crippen LogP contribution in [0.2, 0.25) is 0 Å². The van der Waals surface area contributed by atoms with E-state index in [2.05, 4.69) is 10.3 Å². The zero-order chi connectivity index (χ0) is 17.5. The third-order valence-corrected chi connectivity index (χ3v) is 4.86. The van der Waals surface area contributed by atoms with Crippen LogP contribution >= 0.6 is 0 Å². The maximum Gasteiger partial charge on any atom is 0.306 e. The first-order valence-electron chi connectivity index (χ1n) is 9.22. The Morgan fingerprint density at radius 2 is 1.88 bits per heavy atom. The third-order valence-electron chi connectivity index (χ3n) is 4.86. The van der Waals surface area contributed by atoms with E-state index in [9.17, 15) is 9.59 Å². The molecule has 1 aromatic heterocycles. The van der Waals surface area contributed by atoms with E-state index in [-0.39, 0.29) is 30.9 Å². The fourth-order valence-corrected chi connectivity index (χ4v) is 3.49. The van der Waals surface area contributed by atoms with Crippen molar-refractivity contribution in [1.82, 2.24) is 10.3 Å². The van der Waals surface area contributed by atoms with Crippen LogP contribution in [0.15, 0.2) is 30.5 Å². The molecular formula is C20H26N2O3. The van der Waals surface area contributed by atoms with E-state index < -0.39 is 0 Å². The number of H-pyrrole nitrogens is 1. The average Bonchev–Trinajstić information content (AvgIpc) is 2.86. The lowest BCUT2D eigenvalue weighted by atomic mass is 10.1. The number of amides is 1. The monoisotopic (exact) mass is 342 g/mol. The van der Waals surface area contributed by atoms with Crippen LogP contribution in [0.25, 0.3) is 10.9 Å². The summed E-state index contributed by atoms with van der Waals surface area (Å²) in [5.41, 5.74) is 2.16. The number of carbonyl (C=O) groups is 2. The molecule has 2 N–H and O–H groups in total. The predicted molar refractivity (Wildman–Crippen MR) is 97.2 cm³/mol. The van der Waals surface area contributed by atoms with Crippen LogP contribution in [0.5, 0.6) is 0 Å². The second-order valence-electron chi connectivity index (χ2n) is 6.78. The topological polar surface area (TPSA) is 71.2 Å². The SMILES string of the molecule is O=C(COC(=O)CCc1c[nH]c2ccccc12)NC1CCCCCC1. The number of fused-ring (bicyclic) bond motifs is 1. The van der Waals surface area contributed by atoms with E-state index in [4.69, 9.17) is 4.74 Å². The molecule has 1 amide bonds. The molecule has 5 heteroatoms. The molecule has 0 atom stereocenters. The third kappa shape index (κ3) is 5.08. The summed E-state index contributed by atoms with van der Waals surface area (Å²) >= 11 is 0. The highest BCUT2D eigenvalue weighted by molar-refractivity contribution is 5.84. The lowest BCUT2D eigenvalue weighted by molar-refractivity contribution is -0.148. The van der Waals surface area contributed by atoms with Crippen LogP contribution < -0.4 is 5.32 Å². The smallest absolute Gasteiger partial charge is 0.306 e. The number of hydrogen-bond acceptors (Lipinski definition) is 3. The highest BCUT2D eigenvalue weighted by Gasteiger charge is 2.16. The van der Waals surface area contributed by atoms with Gasteiger partial charge < -0.3 is 15.0 Å². The molecule has 0 saturated heterocycles. The van der Waals surface area contributed by atoms with Crippen LogP contribution in [0, 0.1) is 0 Å². The van der Waals surface area contributed by atoms with Crippen molar-refractivity contribution >= 4 is 22.8 Å². The largest absolute Gasteiger partial charge is 0.456 e. The van der Waals surface area contributed by atoms with Crippen molar-refractivity contribution in [1.29, 1.82) is 0 Å².